The maximum atomic E-state index is 12.7. The molecule has 0 saturated carbocycles. The van der Waals surface area contributed by atoms with Gasteiger partial charge in [0.1, 0.15) is 0 Å². The molecule has 0 saturated heterocycles. The quantitative estimate of drug-likeness (QED) is 0.776. The van der Waals surface area contributed by atoms with Crippen LogP contribution < -0.4 is 5.73 Å². The molecule has 0 aliphatic carbocycles. The van der Waals surface area contributed by atoms with Crippen molar-refractivity contribution in [3.63, 3.8) is 0 Å². The molecule has 0 aliphatic rings. The van der Waals surface area contributed by atoms with Crippen molar-refractivity contribution in [1.82, 2.24) is 4.90 Å². The van der Waals surface area contributed by atoms with Crippen molar-refractivity contribution in [2.45, 2.75) is 39.7 Å². The highest BCUT2D eigenvalue weighted by molar-refractivity contribution is 5.94. The lowest BCUT2D eigenvalue weighted by Gasteiger charge is -2.32. The molecule has 2 N–H and O–H groups in total. The second kappa shape index (κ2) is 7.85. The van der Waals surface area contributed by atoms with Crippen LogP contribution in [0.15, 0.2) is 36.4 Å². The first-order chi connectivity index (χ1) is 9.51. The Morgan fingerprint density at radius 3 is 2.40 bits per heavy atom. The van der Waals surface area contributed by atoms with Crippen LogP contribution in [-0.2, 0) is 0 Å². The van der Waals surface area contributed by atoms with E-state index in [1.165, 1.54) is 0 Å². The van der Waals surface area contributed by atoms with E-state index >= 15 is 0 Å². The molecule has 1 aromatic carbocycles. The average molecular weight is 274 g/mol. The Bertz CT molecular complexity index is 451. The maximum Gasteiger partial charge on any atom is 0.254 e. The zero-order valence-corrected chi connectivity index (χ0v) is 12.9. The molecule has 0 aliphatic heterocycles. The predicted molar refractivity (Wildman–Crippen MR) is 84.8 cm³/mol. The average Bonchev–Trinajstić information content (AvgIpc) is 2.43. The van der Waals surface area contributed by atoms with Crippen LogP contribution in [0.5, 0.6) is 0 Å². The van der Waals surface area contributed by atoms with Gasteiger partial charge in [0.05, 0.1) is 6.04 Å². The van der Waals surface area contributed by atoms with Gasteiger partial charge in [-0.25, -0.2) is 0 Å². The number of nitrogens with zero attached hydrogens (tertiary/aromatic N) is 1. The molecule has 0 heterocycles. The van der Waals surface area contributed by atoms with E-state index in [2.05, 4.69) is 13.5 Å². The van der Waals surface area contributed by atoms with Gasteiger partial charge in [0, 0.05) is 12.1 Å². The van der Waals surface area contributed by atoms with Gasteiger partial charge < -0.3 is 10.6 Å². The summed E-state index contributed by atoms with van der Waals surface area (Å²) in [4.78, 5) is 14.6. The SMILES string of the molecule is C=C(C)[C@@H](CC)N(CCCN)C(=O)c1ccc(C)cc1. The first-order valence-electron chi connectivity index (χ1n) is 7.24. The fourth-order valence-electron chi connectivity index (χ4n) is 2.36. The van der Waals surface area contributed by atoms with Crippen LogP contribution in [-0.4, -0.2) is 29.9 Å². The number of carbonyl (C=O) groups is 1. The standard InChI is InChI=1S/C17H26N2O/c1-5-16(13(2)3)19(12-6-11-18)17(20)15-9-7-14(4)8-10-15/h7-10,16H,2,5-6,11-12,18H2,1,3-4H3/t16-/m1/s1. The van der Waals surface area contributed by atoms with E-state index in [-0.39, 0.29) is 11.9 Å². The maximum absolute atomic E-state index is 12.7. The molecular formula is C17H26N2O. The minimum atomic E-state index is 0.0632. The van der Waals surface area contributed by atoms with Crippen molar-refractivity contribution in [2.24, 2.45) is 5.73 Å². The summed E-state index contributed by atoms with van der Waals surface area (Å²) in [6.07, 6.45) is 1.68. The topological polar surface area (TPSA) is 46.3 Å². The van der Waals surface area contributed by atoms with Gasteiger partial charge in [0.15, 0.2) is 0 Å². The second-order valence-electron chi connectivity index (χ2n) is 5.28. The first kappa shape index (κ1) is 16.4. The molecule has 0 spiro atoms. The molecule has 3 heteroatoms. The van der Waals surface area contributed by atoms with Gasteiger partial charge >= 0.3 is 0 Å². The van der Waals surface area contributed by atoms with Gasteiger partial charge in [0.25, 0.3) is 5.91 Å². The summed E-state index contributed by atoms with van der Waals surface area (Å²) in [5, 5.41) is 0. The summed E-state index contributed by atoms with van der Waals surface area (Å²) in [6, 6.07) is 7.79. The highest BCUT2D eigenvalue weighted by atomic mass is 16.2. The molecule has 110 valence electrons. The van der Waals surface area contributed by atoms with Crippen molar-refractivity contribution in [2.75, 3.05) is 13.1 Å². The fraction of sp³-hybridized carbons (Fsp3) is 0.471. The molecule has 0 unspecified atom stereocenters. The van der Waals surface area contributed by atoms with E-state index in [1.54, 1.807) is 0 Å². The second-order valence-corrected chi connectivity index (χ2v) is 5.28. The molecule has 20 heavy (non-hydrogen) atoms. The van der Waals surface area contributed by atoms with E-state index < -0.39 is 0 Å². The number of aryl methyl sites for hydroxylation is 1. The van der Waals surface area contributed by atoms with Crippen LogP contribution in [0.2, 0.25) is 0 Å². The van der Waals surface area contributed by atoms with Crippen LogP contribution >= 0.6 is 0 Å². The van der Waals surface area contributed by atoms with Gasteiger partial charge in [-0.2, -0.15) is 0 Å². The Hall–Kier alpha value is -1.61. The summed E-state index contributed by atoms with van der Waals surface area (Å²) < 4.78 is 0. The molecular weight excluding hydrogens is 248 g/mol. The molecule has 1 amide bonds. The zero-order chi connectivity index (χ0) is 15.1. The Labute approximate surface area is 122 Å². The minimum Gasteiger partial charge on any atom is -0.332 e. The Morgan fingerprint density at radius 2 is 1.95 bits per heavy atom. The van der Waals surface area contributed by atoms with Gasteiger partial charge in [0.2, 0.25) is 0 Å². The van der Waals surface area contributed by atoms with E-state index in [1.807, 2.05) is 43.0 Å². The number of nitrogens with two attached hydrogens (primary N) is 1. The molecule has 0 fully saturated rings. The third-order valence-corrected chi connectivity index (χ3v) is 3.49. The van der Waals surface area contributed by atoms with E-state index in [0.717, 1.165) is 29.5 Å². The van der Waals surface area contributed by atoms with Crippen molar-refractivity contribution in [1.29, 1.82) is 0 Å². The summed E-state index contributed by atoms with van der Waals surface area (Å²) in [7, 11) is 0. The molecule has 3 nitrogen and oxygen atoms in total. The van der Waals surface area contributed by atoms with Crippen molar-refractivity contribution in [3.8, 4) is 0 Å². The molecule has 1 rings (SSSR count). The van der Waals surface area contributed by atoms with Gasteiger partial charge in [-0.15, -0.1) is 0 Å². The molecule has 0 bridgehead atoms. The zero-order valence-electron chi connectivity index (χ0n) is 12.9. The van der Waals surface area contributed by atoms with E-state index in [9.17, 15) is 4.79 Å². The number of benzene rings is 1. The van der Waals surface area contributed by atoms with Crippen LogP contribution in [0.1, 0.15) is 42.6 Å². The number of hydrogen-bond donors (Lipinski definition) is 1. The molecule has 1 atom stereocenters. The highest BCUT2D eigenvalue weighted by Gasteiger charge is 2.23. The number of carbonyl (C=O) groups excluding carboxylic acids is 1. The molecule has 0 radical (unpaired) electrons. The van der Waals surface area contributed by atoms with Crippen molar-refractivity contribution < 1.29 is 4.79 Å². The normalized spacial score (nSPS) is 12.0. The van der Waals surface area contributed by atoms with Crippen molar-refractivity contribution in [3.05, 3.63) is 47.5 Å². The van der Waals surface area contributed by atoms with Crippen LogP contribution in [0.4, 0.5) is 0 Å². The summed E-state index contributed by atoms with van der Waals surface area (Å²) in [5.41, 5.74) is 8.49. The Morgan fingerprint density at radius 1 is 1.35 bits per heavy atom. The smallest absolute Gasteiger partial charge is 0.254 e. The van der Waals surface area contributed by atoms with Gasteiger partial charge in [-0.3, -0.25) is 4.79 Å². The van der Waals surface area contributed by atoms with Gasteiger partial charge in [-0.1, -0.05) is 36.8 Å². The third-order valence-electron chi connectivity index (χ3n) is 3.49. The minimum absolute atomic E-state index is 0.0632. The van der Waals surface area contributed by atoms with Crippen molar-refractivity contribution >= 4 is 5.91 Å². The largest absolute Gasteiger partial charge is 0.332 e. The molecule has 0 aromatic heterocycles. The summed E-state index contributed by atoms with van der Waals surface area (Å²) in [5.74, 6) is 0.0632. The van der Waals surface area contributed by atoms with E-state index in [0.29, 0.717) is 13.1 Å². The first-order valence-corrected chi connectivity index (χ1v) is 7.24. The van der Waals surface area contributed by atoms with Gasteiger partial charge in [-0.05, 0) is 45.4 Å². The van der Waals surface area contributed by atoms with E-state index in [4.69, 9.17) is 5.73 Å². The lowest BCUT2D eigenvalue weighted by atomic mass is 10.0. The number of rotatable bonds is 7. The Kier molecular flexibility index (Phi) is 6.46. The monoisotopic (exact) mass is 274 g/mol. The van der Waals surface area contributed by atoms with Crippen LogP contribution in [0, 0.1) is 6.92 Å². The lowest BCUT2D eigenvalue weighted by molar-refractivity contribution is 0.0700. The number of hydrogen-bond acceptors (Lipinski definition) is 2. The van der Waals surface area contributed by atoms with Crippen LogP contribution in [0.3, 0.4) is 0 Å². The predicted octanol–water partition coefficient (Wildman–Crippen LogP) is 3.14. The lowest BCUT2D eigenvalue weighted by Crippen LogP contribution is -2.41. The highest BCUT2D eigenvalue weighted by Crippen LogP contribution is 2.17. The summed E-state index contributed by atoms with van der Waals surface area (Å²) in [6.45, 7) is 11.4. The Balaban J connectivity index is 2.99. The summed E-state index contributed by atoms with van der Waals surface area (Å²) >= 11 is 0. The third kappa shape index (κ3) is 4.20. The van der Waals surface area contributed by atoms with Crippen LogP contribution in [0.25, 0.3) is 0 Å². The number of amides is 1. The molecule has 1 aromatic rings. The fourth-order valence-corrected chi connectivity index (χ4v) is 2.36.